The number of hydrogen-bond acceptors (Lipinski definition) is 5. The Hall–Kier alpha value is 0.250. The largest absolute Gasteiger partial charge is 0.216 e. The van der Waals surface area contributed by atoms with Gasteiger partial charge in [0.15, 0.2) is 0 Å². The summed E-state index contributed by atoms with van der Waals surface area (Å²) in [5.74, 6) is -0.312. The lowest BCUT2D eigenvalue weighted by Gasteiger charge is -1.97. The van der Waals surface area contributed by atoms with Crippen LogP contribution in [0, 0.1) is 0 Å². The molecule has 11 heavy (non-hydrogen) atoms. The average Bonchev–Trinajstić information content (AvgIpc) is 1.86. The molecule has 0 aromatic heterocycles. The molecule has 0 aromatic rings. The maximum absolute atomic E-state index is 10.8. The van der Waals surface area contributed by atoms with E-state index < -0.39 is 17.7 Å². The quantitative estimate of drug-likeness (QED) is 0.640. The maximum Gasteiger partial charge on any atom is 0.215 e. The van der Waals surface area contributed by atoms with E-state index in [-0.39, 0.29) is 21.3 Å². The van der Waals surface area contributed by atoms with E-state index in [0.29, 0.717) is 0 Å². The van der Waals surface area contributed by atoms with Crippen LogP contribution in [0.15, 0.2) is 0 Å². The van der Waals surface area contributed by atoms with Gasteiger partial charge in [0.1, 0.15) is 0 Å². The standard InChI is InChI=1S/C4H10O4S3/c1-3-10(5,6)9-11(7,8)4-2/h3-4H2,1-2H3. The first-order valence-electron chi connectivity index (χ1n) is 2.99. The Morgan fingerprint density at radius 3 is 1.36 bits per heavy atom. The van der Waals surface area contributed by atoms with Crippen molar-refractivity contribution in [2.75, 3.05) is 11.5 Å². The molecule has 0 atom stereocenters. The first-order valence-corrected chi connectivity index (χ1v) is 8.15. The molecule has 0 aliphatic heterocycles. The molecule has 0 heterocycles. The zero-order valence-electron chi connectivity index (χ0n) is 6.27. The van der Waals surface area contributed by atoms with Crippen LogP contribution < -0.4 is 0 Å². The van der Waals surface area contributed by atoms with Crippen molar-refractivity contribution in [3.8, 4) is 0 Å². The molecule has 0 bridgehead atoms. The minimum atomic E-state index is -3.46. The van der Waals surface area contributed by atoms with Crippen molar-refractivity contribution in [2.45, 2.75) is 13.8 Å². The van der Waals surface area contributed by atoms with Crippen molar-refractivity contribution < 1.29 is 16.8 Å². The number of rotatable bonds is 4. The Morgan fingerprint density at radius 1 is 0.909 bits per heavy atom. The fourth-order valence-electron chi connectivity index (χ4n) is 0.254. The van der Waals surface area contributed by atoms with Gasteiger partial charge in [-0.15, -0.1) is 0 Å². The lowest BCUT2D eigenvalue weighted by atomic mass is 11.0. The van der Waals surface area contributed by atoms with E-state index in [0.717, 1.165) is 0 Å². The Balaban J connectivity index is 4.54. The van der Waals surface area contributed by atoms with Crippen molar-refractivity contribution in [3.63, 3.8) is 0 Å². The molecule has 68 valence electrons. The highest BCUT2D eigenvalue weighted by Crippen LogP contribution is 2.21. The first-order chi connectivity index (χ1) is 4.83. The van der Waals surface area contributed by atoms with Gasteiger partial charge in [0, 0.05) is 0 Å². The SMILES string of the molecule is CCS(=O)(=O)SS(=O)(=O)CC. The number of hydrogen-bond donors (Lipinski definition) is 0. The van der Waals surface area contributed by atoms with Crippen LogP contribution in [-0.4, -0.2) is 28.3 Å². The molecule has 0 radical (unpaired) electrons. The van der Waals surface area contributed by atoms with E-state index in [1.54, 1.807) is 0 Å². The average molecular weight is 218 g/mol. The summed E-state index contributed by atoms with van der Waals surface area (Å²) in [7, 11) is -6.87. The Kier molecular flexibility index (Phi) is 3.86. The van der Waals surface area contributed by atoms with Crippen molar-refractivity contribution in [1.82, 2.24) is 0 Å². The van der Waals surface area contributed by atoms with Gasteiger partial charge in [-0.2, -0.15) is 0 Å². The third kappa shape index (κ3) is 4.65. The van der Waals surface area contributed by atoms with Gasteiger partial charge in [-0.25, -0.2) is 16.8 Å². The van der Waals surface area contributed by atoms with Crippen molar-refractivity contribution >= 4 is 27.6 Å². The Bertz CT molecular complexity index is 266. The normalized spacial score (nSPS) is 13.3. The first kappa shape index (κ1) is 11.2. The molecular weight excluding hydrogens is 208 g/mol. The van der Waals surface area contributed by atoms with Crippen LogP contribution in [0.5, 0.6) is 0 Å². The van der Waals surface area contributed by atoms with E-state index in [1.165, 1.54) is 13.8 Å². The van der Waals surface area contributed by atoms with E-state index in [1.807, 2.05) is 0 Å². The highest BCUT2D eigenvalue weighted by Gasteiger charge is 2.19. The smallest absolute Gasteiger partial charge is 0.215 e. The van der Waals surface area contributed by atoms with Crippen molar-refractivity contribution in [3.05, 3.63) is 0 Å². The van der Waals surface area contributed by atoms with Crippen LogP contribution in [0.3, 0.4) is 0 Å². The molecule has 0 saturated heterocycles. The second-order valence-electron chi connectivity index (χ2n) is 1.76. The molecule has 7 heteroatoms. The van der Waals surface area contributed by atoms with Crippen LogP contribution in [0.25, 0.3) is 0 Å². The second kappa shape index (κ2) is 3.77. The molecule has 0 aliphatic carbocycles. The minimum absolute atomic E-state index is 0.0486. The van der Waals surface area contributed by atoms with Crippen LogP contribution in [-0.2, 0) is 17.7 Å². The molecule has 0 rings (SSSR count). The van der Waals surface area contributed by atoms with Crippen LogP contribution >= 0.6 is 9.83 Å². The molecular formula is C4H10O4S3. The van der Waals surface area contributed by atoms with E-state index in [2.05, 4.69) is 0 Å². The van der Waals surface area contributed by atoms with Gasteiger partial charge in [0.2, 0.25) is 17.7 Å². The summed E-state index contributed by atoms with van der Waals surface area (Å²) < 4.78 is 43.0. The van der Waals surface area contributed by atoms with Crippen LogP contribution in [0.1, 0.15) is 13.8 Å². The van der Waals surface area contributed by atoms with Crippen molar-refractivity contribution in [1.29, 1.82) is 0 Å². The van der Waals surface area contributed by atoms with Gasteiger partial charge < -0.3 is 0 Å². The summed E-state index contributed by atoms with van der Waals surface area (Å²) in [6.45, 7) is 2.82. The van der Waals surface area contributed by atoms with Crippen LogP contribution in [0.2, 0.25) is 0 Å². The molecule has 0 saturated carbocycles. The maximum atomic E-state index is 10.8. The van der Waals surface area contributed by atoms with E-state index in [9.17, 15) is 16.8 Å². The van der Waals surface area contributed by atoms with Gasteiger partial charge in [0.05, 0.1) is 21.3 Å². The summed E-state index contributed by atoms with van der Waals surface area (Å²) in [4.78, 5) is 0. The summed E-state index contributed by atoms with van der Waals surface area (Å²) in [5, 5.41) is 0. The third-order valence-electron chi connectivity index (χ3n) is 0.914. The molecule has 0 aromatic carbocycles. The molecule has 0 spiro atoms. The molecule has 0 N–H and O–H groups in total. The molecule has 0 aliphatic rings. The highest BCUT2D eigenvalue weighted by molar-refractivity contribution is 9.04. The van der Waals surface area contributed by atoms with Gasteiger partial charge in [-0.05, 0) is 0 Å². The lowest BCUT2D eigenvalue weighted by molar-refractivity contribution is 0.609. The summed E-state index contributed by atoms with van der Waals surface area (Å²) in [6.07, 6.45) is 0. The van der Waals surface area contributed by atoms with Gasteiger partial charge in [-0.3, -0.25) is 0 Å². The van der Waals surface area contributed by atoms with E-state index >= 15 is 0 Å². The molecule has 0 fully saturated rings. The zero-order valence-corrected chi connectivity index (χ0v) is 8.72. The summed E-state index contributed by atoms with van der Waals surface area (Å²) in [5.41, 5.74) is 0. The molecule has 4 nitrogen and oxygen atoms in total. The Morgan fingerprint density at radius 2 is 1.18 bits per heavy atom. The van der Waals surface area contributed by atoms with E-state index in [4.69, 9.17) is 0 Å². The fraction of sp³-hybridized carbons (Fsp3) is 1.00. The van der Waals surface area contributed by atoms with Gasteiger partial charge in [0.25, 0.3) is 0 Å². The van der Waals surface area contributed by atoms with Gasteiger partial charge in [-0.1, -0.05) is 13.8 Å². The lowest BCUT2D eigenvalue weighted by Crippen LogP contribution is -2.05. The minimum Gasteiger partial charge on any atom is -0.216 e. The molecule has 0 amide bonds. The third-order valence-corrected chi connectivity index (χ3v) is 9.13. The summed E-state index contributed by atoms with van der Waals surface area (Å²) in [6, 6.07) is 0. The topological polar surface area (TPSA) is 68.3 Å². The Labute approximate surface area is 70.0 Å². The highest BCUT2D eigenvalue weighted by atomic mass is 33.5. The molecule has 0 unspecified atom stereocenters. The van der Waals surface area contributed by atoms with Crippen LogP contribution in [0.4, 0.5) is 0 Å². The predicted molar refractivity (Wildman–Crippen MR) is 46.5 cm³/mol. The predicted octanol–water partition coefficient (Wildman–Crippen LogP) is 0.419. The van der Waals surface area contributed by atoms with Crippen molar-refractivity contribution in [2.24, 2.45) is 0 Å². The monoisotopic (exact) mass is 218 g/mol. The second-order valence-corrected chi connectivity index (χ2v) is 9.96. The van der Waals surface area contributed by atoms with Gasteiger partial charge >= 0.3 is 0 Å². The fourth-order valence-corrected chi connectivity index (χ4v) is 6.86. The summed E-state index contributed by atoms with van der Waals surface area (Å²) >= 11 is 0. The zero-order chi connectivity index (χ0) is 9.12.